The van der Waals surface area contributed by atoms with Crippen molar-refractivity contribution in [1.82, 2.24) is 15.0 Å². The Bertz CT molecular complexity index is 1310. The quantitative estimate of drug-likeness (QED) is 0.419. The van der Waals surface area contributed by atoms with Crippen LogP contribution in [0.5, 0.6) is 0 Å². The standard InChI is InChI=1S/C23H16FN3O2/c1-14-9-18-20(16-5-3-2-4-6-16)21(23(29)27-22(18)26-11-14)19(28)8-7-15-10-17(24)13-25-12-15/h2-13H,1H3,(H,26,27,29)/b8-7+. The predicted molar refractivity (Wildman–Crippen MR) is 110 cm³/mol. The third-order valence-electron chi connectivity index (χ3n) is 4.46. The van der Waals surface area contributed by atoms with Crippen LogP contribution < -0.4 is 5.56 Å². The van der Waals surface area contributed by atoms with Gasteiger partial charge in [0.05, 0.1) is 11.8 Å². The van der Waals surface area contributed by atoms with Crippen LogP contribution in [0, 0.1) is 12.7 Å². The molecule has 1 aromatic carbocycles. The number of aryl methyl sites for hydroxylation is 1. The molecule has 0 atom stereocenters. The number of aromatic nitrogens is 3. The summed E-state index contributed by atoms with van der Waals surface area (Å²) in [5, 5.41) is 0.681. The lowest BCUT2D eigenvalue weighted by Gasteiger charge is -2.11. The first-order chi connectivity index (χ1) is 14.0. The molecule has 5 nitrogen and oxygen atoms in total. The summed E-state index contributed by atoms with van der Waals surface area (Å²) in [5.74, 6) is -0.993. The Morgan fingerprint density at radius 2 is 1.90 bits per heavy atom. The van der Waals surface area contributed by atoms with Crippen molar-refractivity contribution in [2.75, 3.05) is 0 Å². The van der Waals surface area contributed by atoms with Crippen LogP contribution in [0.2, 0.25) is 0 Å². The highest BCUT2D eigenvalue weighted by atomic mass is 19.1. The van der Waals surface area contributed by atoms with E-state index in [2.05, 4.69) is 15.0 Å². The van der Waals surface area contributed by atoms with Gasteiger partial charge in [-0.05, 0) is 47.9 Å². The van der Waals surface area contributed by atoms with E-state index < -0.39 is 17.2 Å². The van der Waals surface area contributed by atoms with Crippen LogP contribution in [0.3, 0.4) is 0 Å². The third kappa shape index (κ3) is 3.73. The molecule has 142 valence electrons. The van der Waals surface area contributed by atoms with Crippen LogP contribution in [-0.2, 0) is 0 Å². The van der Waals surface area contributed by atoms with Crippen molar-refractivity contribution in [1.29, 1.82) is 0 Å². The van der Waals surface area contributed by atoms with Crippen molar-refractivity contribution in [2.45, 2.75) is 6.92 Å². The molecule has 3 aromatic heterocycles. The summed E-state index contributed by atoms with van der Waals surface area (Å²) < 4.78 is 13.3. The Morgan fingerprint density at radius 3 is 2.66 bits per heavy atom. The Labute approximate surface area is 165 Å². The minimum Gasteiger partial charge on any atom is -0.306 e. The van der Waals surface area contributed by atoms with E-state index in [1.165, 1.54) is 24.4 Å². The van der Waals surface area contributed by atoms with E-state index in [1.807, 2.05) is 43.3 Å². The second-order valence-electron chi connectivity index (χ2n) is 6.61. The number of benzene rings is 1. The van der Waals surface area contributed by atoms with Crippen LogP contribution in [0.4, 0.5) is 4.39 Å². The molecule has 4 aromatic rings. The molecule has 3 heterocycles. The number of allylic oxidation sites excluding steroid dienone is 1. The molecule has 1 N–H and O–H groups in total. The molecular weight excluding hydrogens is 369 g/mol. The van der Waals surface area contributed by atoms with Crippen LogP contribution in [0.25, 0.3) is 28.2 Å². The van der Waals surface area contributed by atoms with E-state index in [1.54, 1.807) is 6.20 Å². The van der Waals surface area contributed by atoms with Crippen molar-refractivity contribution >= 4 is 22.9 Å². The normalized spacial score (nSPS) is 11.2. The van der Waals surface area contributed by atoms with Gasteiger partial charge < -0.3 is 4.98 Å². The number of ketones is 1. The maximum Gasteiger partial charge on any atom is 0.261 e. The molecule has 0 saturated heterocycles. The number of aromatic amines is 1. The Balaban J connectivity index is 1.92. The van der Waals surface area contributed by atoms with Crippen LogP contribution >= 0.6 is 0 Å². The van der Waals surface area contributed by atoms with Gasteiger partial charge in [0.2, 0.25) is 0 Å². The zero-order chi connectivity index (χ0) is 20.4. The highest BCUT2D eigenvalue weighted by Gasteiger charge is 2.19. The van der Waals surface area contributed by atoms with Crippen LogP contribution in [0.1, 0.15) is 21.5 Å². The fourth-order valence-corrected chi connectivity index (χ4v) is 3.19. The monoisotopic (exact) mass is 385 g/mol. The number of hydrogen-bond acceptors (Lipinski definition) is 4. The third-order valence-corrected chi connectivity index (χ3v) is 4.46. The van der Waals surface area contributed by atoms with Crippen molar-refractivity contribution in [2.24, 2.45) is 0 Å². The first kappa shape index (κ1) is 18.4. The van der Waals surface area contributed by atoms with Crippen molar-refractivity contribution in [3.63, 3.8) is 0 Å². The van der Waals surface area contributed by atoms with Crippen molar-refractivity contribution in [3.05, 3.63) is 100.0 Å². The number of nitrogens with one attached hydrogen (secondary N) is 1. The lowest BCUT2D eigenvalue weighted by molar-refractivity contribution is 0.104. The van der Waals surface area contributed by atoms with Crippen molar-refractivity contribution in [3.8, 4) is 11.1 Å². The molecule has 0 aliphatic heterocycles. The number of fused-ring (bicyclic) bond motifs is 1. The molecular formula is C23H16FN3O2. The topological polar surface area (TPSA) is 75.7 Å². The minimum atomic E-state index is -0.528. The van der Waals surface area contributed by atoms with Crippen LogP contribution in [-0.4, -0.2) is 20.7 Å². The smallest absolute Gasteiger partial charge is 0.261 e. The molecule has 0 amide bonds. The zero-order valence-electron chi connectivity index (χ0n) is 15.5. The number of halogens is 1. The number of nitrogens with zero attached hydrogens (tertiary/aromatic N) is 2. The van der Waals surface area contributed by atoms with Gasteiger partial charge in [0.1, 0.15) is 11.5 Å². The SMILES string of the molecule is Cc1cnc2[nH]c(=O)c(C(=O)/C=C/c3cncc(F)c3)c(-c3ccccc3)c2c1. The molecule has 0 aliphatic carbocycles. The van der Waals surface area contributed by atoms with E-state index in [9.17, 15) is 14.0 Å². The molecule has 0 bridgehead atoms. The molecule has 0 radical (unpaired) electrons. The predicted octanol–water partition coefficient (Wildman–Crippen LogP) is 4.33. The number of rotatable bonds is 4. The van der Waals surface area contributed by atoms with Gasteiger partial charge >= 0.3 is 0 Å². The first-order valence-corrected chi connectivity index (χ1v) is 8.94. The molecule has 0 aliphatic rings. The highest BCUT2D eigenvalue weighted by Crippen LogP contribution is 2.29. The summed E-state index contributed by atoms with van der Waals surface area (Å²) in [4.78, 5) is 36.5. The molecule has 4 rings (SSSR count). The lowest BCUT2D eigenvalue weighted by atomic mass is 9.94. The first-order valence-electron chi connectivity index (χ1n) is 8.94. The van der Waals surface area contributed by atoms with Gasteiger partial charge in [-0.25, -0.2) is 9.37 Å². The van der Waals surface area contributed by atoms with E-state index in [4.69, 9.17) is 0 Å². The van der Waals surface area contributed by atoms with E-state index >= 15 is 0 Å². The summed E-state index contributed by atoms with van der Waals surface area (Å²) >= 11 is 0. The van der Waals surface area contributed by atoms with Gasteiger partial charge in [-0.15, -0.1) is 0 Å². The number of carbonyl (C=O) groups excluding carboxylic acids is 1. The Kier molecular flexibility index (Phi) is 4.83. The zero-order valence-corrected chi connectivity index (χ0v) is 15.5. The maximum absolute atomic E-state index is 13.3. The van der Waals surface area contributed by atoms with E-state index in [0.29, 0.717) is 22.2 Å². The second-order valence-corrected chi connectivity index (χ2v) is 6.61. The van der Waals surface area contributed by atoms with E-state index in [-0.39, 0.29) is 5.56 Å². The molecule has 0 saturated carbocycles. The lowest BCUT2D eigenvalue weighted by Crippen LogP contribution is -2.19. The number of pyridine rings is 3. The summed E-state index contributed by atoms with van der Waals surface area (Å²) in [6.07, 6.45) is 6.86. The Hall–Kier alpha value is -3.93. The minimum absolute atomic E-state index is 0.0108. The van der Waals surface area contributed by atoms with Gasteiger partial charge in [-0.3, -0.25) is 14.6 Å². The second kappa shape index (κ2) is 7.59. The largest absolute Gasteiger partial charge is 0.306 e. The molecule has 6 heteroatoms. The summed E-state index contributed by atoms with van der Waals surface area (Å²) in [7, 11) is 0. The maximum atomic E-state index is 13.3. The van der Waals surface area contributed by atoms with Gasteiger partial charge in [0, 0.05) is 23.3 Å². The van der Waals surface area contributed by atoms with Crippen LogP contribution in [0.15, 0.2) is 71.9 Å². The van der Waals surface area contributed by atoms with Gasteiger partial charge in [0.15, 0.2) is 5.78 Å². The van der Waals surface area contributed by atoms with Crippen molar-refractivity contribution < 1.29 is 9.18 Å². The molecule has 0 unspecified atom stereocenters. The molecule has 0 fully saturated rings. The van der Waals surface area contributed by atoms with Gasteiger partial charge in [-0.2, -0.15) is 0 Å². The Morgan fingerprint density at radius 1 is 1.10 bits per heavy atom. The summed E-state index contributed by atoms with van der Waals surface area (Å²) in [5.41, 5.74) is 2.48. The number of carbonyl (C=O) groups is 1. The average Bonchev–Trinajstić information content (AvgIpc) is 2.72. The highest BCUT2D eigenvalue weighted by molar-refractivity contribution is 6.14. The van der Waals surface area contributed by atoms with Gasteiger partial charge in [-0.1, -0.05) is 30.3 Å². The fraction of sp³-hybridized carbons (Fsp3) is 0.0435. The number of H-pyrrole nitrogens is 1. The molecule has 29 heavy (non-hydrogen) atoms. The van der Waals surface area contributed by atoms with Gasteiger partial charge in [0.25, 0.3) is 5.56 Å². The molecule has 0 spiro atoms. The number of hydrogen-bond donors (Lipinski definition) is 1. The average molecular weight is 385 g/mol. The summed E-state index contributed by atoms with van der Waals surface area (Å²) in [6, 6.07) is 12.4. The summed E-state index contributed by atoms with van der Waals surface area (Å²) in [6.45, 7) is 1.89. The fourth-order valence-electron chi connectivity index (χ4n) is 3.19. The van der Waals surface area contributed by atoms with E-state index in [0.717, 1.165) is 17.3 Å².